The first-order valence-electron chi connectivity index (χ1n) is 8.41. The van der Waals surface area contributed by atoms with Crippen LogP contribution >= 0.6 is 0 Å². The van der Waals surface area contributed by atoms with Gasteiger partial charge < -0.3 is 16.0 Å². The molecule has 1 saturated carbocycles. The van der Waals surface area contributed by atoms with Crippen molar-refractivity contribution in [1.29, 1.82) is 0 Å². The van der Waals surface area contributed by atoms with Gasteiger partial charge in [-0.05, 0) is 37.1 Å². The third kappa shape index (κ3) is 4.55. The van der Waals surface area contributed by atoms with Gasteiger partial charge in [-0.25, -0.2) is 0 Å². The van der Waals surface area contributed by atoms with Gasteiger partial charge in [-0.2, -0.15) is 0 Å². The highest BCUT2D eigenvalue weighted by atomic mass is 16.2. The standard InChI is InChI=1S/C18H27N3O2/c1-13(12-19)17(22)20-15-10-8-14(9-11-15)18(23)21(2)16-6-4-3-5-7-16/h8-11,13,16H,3-7,12,19H2,1-2H3,(H,20,22). The average Bonchev–Trinajstić information content (AvgIpc) is 2.61. The second kappa shape index (κ2) is 8.11. The lowest BCUT2D eigenvalue weighted by molar-refractivity contribution is -0.119. The molecule has 0 saturated heterocycles. The van der Waals surface area contributed by atoms with Crippen LogP contribution in [0.4, 0.5) is 5.69 Å². The Bertz CT molecular complexity index is 536. The van der Waals surface area contributed by atoms with Crippen molar-refractivity contribution in [3.8, 4) is 0 Å². The first-order chi connectivity index (χ1) is 11.0. The van der Waals surface area contributed by atoms with Crippen molar-refractivity contribution in [2.75, 3.05) is 18.9 Å². The summed E-state index contributed by atoms with van der Waals surface area (Å²) in [4.78, 5) is 26.2. The molecule has 0 aliphatic heterocycles. The summed E-state index contributed by atoms with van der Waals surface area (Å²) >= 11 is 0. The predicted molar refractivity (Wildman–Crippen MR) is 92.3 cm³/mol. The Balaban J connectivity index is 1.98. The zero-order chi connectivity index (χ0) is 16.8. The fourth-order valence-electron chi connectivity index (χ4n) is 2.91. The van der Waals surface area contributed by atoms with Crippen LogP contribution in [0, 0.1) is 5.92 Å². The van der Waals surface area contributed by atoms with Gasteiger partial charge in [0.2, 0.25) is 5.91 Å². The summed E-state index contributed by atoms with van der Waals surface area (Å²) in [5.41, 5.74) is 6.83. The molecule has 1 aromatic carbocycles. The van der Waals surface area contributed by atoms with Gasteiger partial charge in [-0.3, -0.25) is 9.59 Å². The van der Waals surface area contributed by atoms with Gasteiger partial charge in [0.1, 0.15) is 0 Å². The van der Waals surface area contributed by atoms with E-state index in [4.69, 9.17) is 5.73 Å². The van der Waals surface area contributed by atoms with Gasteiger partial charge in [0.05, 0.1) is 0 Å². The highest BCUT2D eigenvalue weighted by Crippen LogP contribution is 2.23. The molecule has 5 nitrogen and oxygen atoms in total. The molecular formula is C18H27N3O2. The second-order valence-electron chi connectivity index (χ2n) is 6.41. The molecule has 1 aliphatic carbocycles. The molecule has 0 heterocycles. The normalized spacial score (nSPS) is 16.7. The van der Waals surface area contributed by atoms with Crippen LogP contribution in [0.25, 0.3) is 0 Å². The number of hydrogen-bond donors (Lipinski definition) is 2. The Morgan fingerprint density at radius 1 is 1.22 bits per heavy atom. The van der Waals surface area contributed by atoms with Crippen molar-refractivity contribution in [2.45, 2.75) is 45.1 Å². The zero-order valence-corrected chi connectivity index (χ0v) is 14.0. The summed E-state index contributed by atoms with van der Waals surface area (Å²) < 4.78 is 0. The summed E-state index contributed by atoms with van der Waals surface area (Å²) in [7, 11) is 1.89. The van der Waals surface area contributed by atoms with Crippen LogP contribution in [0.1, 0.15) is 49.4 Å². The number of amides is 2. The minimum Gasteiger partial charge on any atom is -0.339 e. The second-order valence-corrected chi connectivity index (χ2v) is 6.41. The van der Waals surface area contributed by atoms with Gasteiger partial charge in [0.15, 0.2) is 0 Å². The molecule has 0 spiro atoms. The molecule has 1 aromatic rings. The fourth-order valence-corrected chi connectivity index (χ4v) is 2.91. The van der Waals surface area contributed by atoms with E-state index in [0.29, 0.717) is 23.8 Å². The van der Waals surface area contributed by atoms with Crippen molar-refractivity contribution in [3.63, 3.8) is 0 Å². The first-order valence-corrected chi connectivity index (χ1v) is 8.41. The van der Waals surface area contributed by atoms with E-state index < -0.39 is 0 Å². The molecule has 2 amide bonds. The molecule has 2 rings (SSSR count). The number of nitrogens with zero attached hydrogens (tertiary/aromatic N) is 1. The quantitative estimate of drug-likeness (QED) is 0.876. The lowest BCUT2D eigenvalue weighted by Gasteiger charge is -2.31. The molecule has 0 bridgehead atoms. The molecule has 1 unspecified atom stereocenters. The lowest BCUT2D eigenvalue weighted by Crippen LogP contribution is -2.38. The third-order valence-corrected chi connectivity index (χ3v) is 4.64. The molecule has 1 aliphatic rings. The topological polar surface area (TPSA) is 75.4 Å². The molecule has 3 N–H and O–H groups in total. The van der Waals surface area contributed by atoms with E-state index in [1.807, 2.05) is 11.9 Å². The summed E-state index contributed by atoms with van der Waals surface area (Å²) in [5, 5.41) is 2.81. The maximum Gasteiger partial charge on any atom is 0.253 e. The number of benzene rings is 1. The van der Waals surface area contributed by atoms with E-state index in [1.54, 1.807) is 31.2 Å². The number of carbonyl (C=O) groups excluding carboxylic acids is 2. The molecule has 0 radical (unpaired) electrons. The van der Waals surface area contributed by atoms with Crippen LogP contribution in [-0.4, -0.2) is 36.3 Å². The van der Waals surface area contributed by atoms with Gasteiger partial charge in [-0.15, -0.1) is 0 Å². The Morgan fingerprint density at radius 3 is 2.39 bits per heavy atom. The highest BCUT2D eigenvalue weighted by Gasteiger charge is 2.22. The maximum absolute atomic E-state index is 12.6. The van der Waals surface area contributed by atoms with Gasteiger partial charge >= 0.3 is 0 Å². The Kier molecular flexibility index (Phi) is 6.16. The average molecular weight is 317 g/mol. The minimum absolute atomic E-state index is 0.0464. The molecule has 0 aromatic heterocycles. The van der Waals surface area contributed by atoms with Gasteiger partial charge in [-0.1, -0.05) is 26.2 Å². The fraction of sp³-hybridized carbons (Fsp3) is 0.556. The van der Waals surface area contributed by atoms with E-state index in [-0.39, 0.29) is 17.7 Å². The summed E-state index contributed by atoms with van der Waals surface area (Å²) in [5.74, 6) is -0.287. The molecule has 1 atom stereocenters. The van der Waals surface area contributed by atoms with Crippen LogP contribution in [0.2, 0.25) is 0 Å². The zero-order valence-electron chi connectivity index (χ0n) is 14.0. The number of anilines is 1. The number of nitrogens with one attached hydrogen (secondary N) is 1. The van der Waals surface area contributed by atoms with Crippen LogP contribution in [0.5, 0.6) is 0 Å². The van der Waals surface area contributed by atoms with Crippen molar-refractivity contribution in [3.05, 3.63) is 29.8 Å². The SMILES string of the molecule is CC(CN)C(=O)Nc1ccc(C(=O)N(C)C2CCCCC2)cc1. The predicted octanol–water partition coefficient (Wildman–Crippen LogP) is 2.62. The van der Waals surface area contributed by atoms with E-state index >= 15 is 0 Å². The smallest absolute Gasteiger partial charge is 0.253 e. The number of carbonyl (C=O) groups is 2. The van der Waals surface area contributed by atoms with Crippen LogP contribution in [0.15, 0.2) is 24.3 Å². The monoisotopic (exact) mass is 317 g/mol. The van der Waals surface area contributed by atoms with Gasteiger partial charge in [0.25, 0.3) is 5.91 Å². The number of hydrogen-bond acceptors (Lipinski definition) is 3. The Hall–Kier alpha value is -1.88. The van der Waals surface area contributed by atoms with E-state index in [2.05, 4.69) is 5.32 Å². The molecule has 1 fully saturated rings. The molecule has 126 valence electrons. The van der Waals surface area contributed by atoms with Gasteiger partial charge in [0, 0.05) is 36.8 Å². The minimum atomic E-state index is -0.228. The Morgan fingerprint density at radius 2 is 1.83 bits per heavy atom. The summed E-state index contributed by atoms with van der Waals surface area (Å²) in [6, 6.07) is 7.42. The van der Waals surface area contributed by atoms with E-state index in [9.17, 15) is 9.59 Å². The van der Waals surface area contributed by atoms with E-state index in [0.717, 1.165) is 12.8 Å². The molecule has 5 heteroatoms. The van der Waals surface area contributed by atoms with Crippen molar-refractivity contribution >= 4 is 17.5 Å². The maximum atomic E-state index is 12.6. The highest BCUT2D eigenvalue weighted by molar-refractivity contribution is 5.96. The number of nitrogens with two attached hydrogens (primary N) is 1. The van der Waals surface area contributed by atoms with Crippen molar-refractivity contribution in [1.82, 2.24) is 4.90 Å². The largest absolute Gasteiger partial charge is 0.339 e. The van der Waals surface area contributed by atoms with Crippen LogP contribution in [-0.2, 0) is 4.79 Å². The van der Waals surface area contributed by atoms with E-state index in [1.165, 1.54) is 19.3 Å². The van der Waals surface area contributed by atoms with Crippen molar-refractivity contribution in [2.24, 2.45) is 11.7 Å². The summed E-state index contributed by atoms with van der Waals surface area (Å²) in [6.07, 6.45) is 5.86. The summed E-state index contributed by atoms with van der Waals surface area (Å²) in [6.45, 7) is 2.10. The van der Waals surface area contributed by atoms with Crippen molar-refractivity contribution < 1.29 is 9.59 Å². The Labute approximate surface area is 138 Å². The van der Waals surface area contributed by atoms with Crippen LogP contribution in [0.3, 0.4) is 0 Å². The third-order valence-electron chi connectivity index (χ3n) is 4.64. The van der Waals surface area contributed by atoms with Crippen LogP contribution < -0.4 is 11.1 Å². The number of rotatable bonds is 5. The first kappa shape index (κ1) is 17.5. The lowest BCUT2D eigenvalue weighted by atomic mass is 9.94. The molecular weight excluding hydrogens is 290 g/mol. The molecule has 23 heavy (non-hydrogen) atoms.